The van der Waals surface area contributed by atoms with Crippen molar-refractivity contribution in [3.8, 4) is 0 Å². The van der Waals surface area contributed by atoms with E-state index in [9.17, 15) is 4.79 Å². The van der Waals surface area contributed by atoms with E-state index < -0.39 is 0 Å². The highest BCUT2D eigenvalue weighted by molar-refractivity contribution is 6.04. The van der Waals surface area contributed by atoms with Crippen molar-refractivity contribution >= 4 is 16.8 Å². The number of hydrogen-bond acceptors (Lipinski definition) is 3. The Bertz CT molecular complexity index is 532. The molecule has 0 saturated carbocycles. The van der Waals surface area contributed by atoms with E-state index in [1.165, 1.54) is 6.33 Å². The fourth-order valence-corrected chi connectivity index (χ4v) is 1.57. The number of amides is 1. The first-order chi connectivity index (χ1) is 8.18. The number of rotatable bonds is 3. The third-order valence-corrected chi connectivity index (χ3v) is 2.43. The van der Waals surface area contributed by atoms with Crippen LogP contribution in [-0.4, -0.2) is 22.4 Å². The molecule has 4 heteroatoms. The summed E-state index contributed by atoms with van der Waals surface area (Å²) in [5.74, 6) is 0.282. The van der Waals surface area contributed by atoms with Crippen LogP contribution in [0.15, 0.2) is 30.6 Å². The van der Waals surface area contributed by atoms with Crippen LogP contribution in [0.4, 0.5) is 0 Å². The first-order valence-electron chi connectivity index (χ1n) is 5.66. The first-order valence-corrected chi connectivity index (χ1v) is 5.66. The molecular formula is C13H15N3O. The number of carbonyl (C=O) groups excluding carboxylic acids is 1. The molecule has 0 saturated heterocycles. The van der Waals surface area contributed by atoms with Gasteiger partial charge in [0.15, 0.2) is 0 Å². The van der Waals surface area contributed by atoms with Crippen LogP contribution in [0.2, 0.25) is 0 Å². The molecule has 2 rings (SSSR count). The van der Waals surface area contributed by atoms with Gasteiger partial charge in [-0.3, -0.25) is 4.79 Å². The molecule has 0 aliphatic rings. The molecule has 0 fully saturated rings. The molecule has 17 heavy (non-hydrogen) atoms. The van der Waals surface area contributed by atoms with Crippen molar-refractivity contribution in [1.82, 2.24) is 15.3 Å². The van der Waals surface area contributed by atoms with Crippen LogP contribution in [0.25, 0.3) is 10.9 Å². The Balaban J connectivity index is 2.32. The lowest BCUT2D eigenvalue weighted by molar-refractivity contribution is 0.0945. The maximum atomic E-state index is 12.0. The normalized spacial score (nSPS) is 10.8. The molecule has 0 radical (unpaired) electrons. The van der Waals surface area contributed by atoms with E-state index in [1.54, 1.807) is 0 Å². The van der Waals surface area contributed by atoms with Crippen LogP contribution >= 0.6 is 0 Å². The number of aromatic nitrogens is 2. The van der Waals surface area contributed by atoms with Gasteiger partial charge in [0.2, 0.25) is 0 Å². The molecule has 0 bridgehead atoms. The van der Waals surface area contributed by atoms with Gasteiger partial charge in [0.1, 0.15) is 12.0 Å². The SMILES string of the molecule is CC(C)CNC(=O)c1ncnc2ccccc12. The predicted octanol–water partition coefficient (Wildman–Crippen LogP) is 2.02. The van der Waals surface area contributed by atoms with Gasteiger partial charge in [-0.05, 0) is 12.0 Å². The Labute approximate surface area is 100 Å². The van der Waals surface area contributed by atoms with Crippen molar-refractivity contribution in [2.45, 2.75) is 13.8 Å². The molecule has 0 aliphatic carbocycles. The highest BCUT2D eigenvalue weighted by atomic mass is 16.1. The van der Waals surface area contributed by atoms with E-state index in [2.05, 4.69) is 29.1 Å². The van der Waals surface area contributed by atoms with Gasteiger partial charge >= 0.3 is 0 Å². The summed E-state index contributed by atoms with van der Waals surface area (Å²) in [7, 11) is 0. The van der Waals surface area contributed by atoms with Crippen LogP contribution in [0.5, 0.6) is 0 Å². The summed E-state index contributed by atoms with van der Waals surface area (Å²) in [5.41, 5.74) is 1.23. The van der Waals surface area contributed by atoms with E-state index in [0.717, 1.165) is 10.9 Å². The van der Waals surface area contributed by atoms with Crippen molar-refractivity contribution in [1.29, 1.82) is 0 Å². The number of carbonyl (C=O) groups is 1. The molecule has 2 aromatic rings. The van der Waals surface area contributed by atoms with E-state index in [0.29, 0.717) is 18.2 Å². The second-order valence-corrected chi connectivity index (χ2v) is 4.34. The lowest BCUT2D eigenvalue weighted by Crippen LogP contribution is -2.28. The summed E-state index contributed by atoms with van der Waals surface area (Å²) < 4.78 is 0. The maximum Gasteiger partial charge on any atom is 0.270 e. The zero-order valence-corrected chi connectivity index (χ0v) is 9.97. The van der Waals surface area contributed by atoms with Gasteiger partial charge in [-0.2, -0.15) is 0 Å². The molecule has 1 aromatic heterocycles. The van der Waals surface area contributed by atoms with Crippen molar-refractivity contribution in [3.63, 3.8) is 0 Å². The quantitative estimate of drug-likeness (QED) is 0.876. The molecule has 88 valence electrons. The standard InChI is InChI=1S/C13H15N3O/c1-9(2)7-14-13(17)12-10-5-3-4-6-11(10)15-8-16-12/h3-6,8-9H,7H2,1-2H3,(H,14,17). The van der Waals surface area contributed by atoms with E-state index in [-0.39, 0.29) is 5.91 Å². The summed E-state index contributed by atoms with van der Waals surface area (Å²) in [6.45, 7) is 4.76. The number of nitrogens with zero attached hydrogens (tertiary/aromatic N) is 2. The number of para-hydroxylation sites is 1. The molecule has 1 N–H and O–H groups in total. The smallest absolute Gasteiger partial charge is 0.270 e. The van der Waals surface area contributed by atoms with Crippen molar-refractivity contribution < 1.29 is 4.79 Å². The van der Waals surface area contributed by atoms with Crippen LogP contribution < -0.4 is 5.32 Å². The van der Waals surface area contributed by atoms with Gasteiger partial charge in [0, 0.05) is 11.9 Å². The molecule has 0 spiro atoms. The zero-order chi connectivity index (χ0) is 12.3. The van der Waals surface area contributed by atoms with Gasteiger partial charge in [0.25, 0.3) is 5.91 Å². The minimum Gasteiger partial charge on any atom is -0.350 e. The highest BCUT2D eigenvalue weighted by Gasteiger charge is 2.11. The van der Waals surface area contributed by atoms with Crippen LogP contribution in [0, 0.1) is 5.92 Å². The van der Waals surface area contributed by atoms with Gasteiger partial charge in [-0.1, -0.05) is 32.0 Å². The summed E-state index contributed by atoms with van der Waals surface area (Å²) in [6.07, 6.45) is 1.42. The molecular weight excluding hydrogens is 214 g/mol. The van der Waals surface area contributed by atoms with Crippen molar-refractivity contribution in [2.75, 3.05) is 6.54 Å². The molecule has 1 amide bonds. The van der Waals surface area contributed by atoms with Gasteiger partial charge in [-0.25, -0.2) is 9.97 Å². The molecule has 1 aromatic carbocycles. The lowest BCUT2D eigenvalue weighted by Gasteiger charge is -2.08. The minimum atomic E-state index is -0.141. The molecule has 0 unspecified atom stereocenters. The Kier molecular flexibility index (Phi) is 3.32. The van der Waals surface area contributed by atoms with Gasteiger partial charge in [0.05, 0.1) is 5.52 Å². The topological polar surface area (TPSA) is 54.9 Å². The highest BCUT2D eigenvalue weighted by Crippen LogP contribution is 2.13. The third-order valence-electron chi connectivity index (χ3n) is 2.43. The molecule has 4 nitrogen and oxygen atoms in total. The Hall–Kier alpha value is -1.97. The summed E-state index contributed by atoms with van der Waals surface area (Å²) in [6, 6.07) is 7.51. The number of benzene rings is 1. The first kappa shape index (κ1) is 11.5. The third kappa shape index (κ3) is 2.58. The van der Waals surface area contributed by atoms with Crippen LogP contribution in [0.3, 0.4) is 0 Å². The van der Waals surface area contributed by atoms with Crippen molar-refractivity contribution in [2.24, 2.45) is 5.92 Å². The maximum absolute atomic E-state index is 12.0. The lowest BCUT2D eigenvalue weighted by atomic mass is 10.1. The molecule has 0 atom stereocenters. The monoisotopic (exact) mass is 229 g/mol. The second-order valence-electron chi connectivity index (χ2n) is 4.34. The summed E-state index contributed by atoms with van der Waals surface area (Å²) >= 11 is 0. The predicted molar refractivity (Wildman–Crippen MR) is 66.7 cm³/mol. The molecule has 1 heterocycles. The van der Waals surface area contributed by atoms with Crippen LogP contribution in [-0.2, 0) is 0 Å². The van der Waals surface area contributed by atoms with E-state index in [1.807, 2.05) is 24.3 Å². The fourth-order valence-electron chi connectivity index (χ4n) is 1.57. The fraction of sp³-hybridized carbons (Fsp3) is 0.308. The molecule has 0 aliphatic heterocycles. The Morgan fingerprint density at radius 1 is 1.29 bits per heavy atom. The number of fused-ring (bicyclic) bond motifs is 1. The largest absolute Gasteiger partial charge is 0.350 e. The summed E-state index contributed by atoms with van der Waals surface area (Å²) in [5, 5.41) is 3.65. The average Bonchev–Trinajstić information content (AvgIpc) is 2.35. The Morgan fingerprint density at radius 2 is 2.06 bits per heavy atom. The van der Waals surface area contributed by atoms with Gasteiger partial charge < -0.3 is 5.32 Å². The average molecular weight is 229 g/mol. The minimum absolute atomic E-state index is 0.141. The number of nitrogens with one attached hydrogen (secondary N) is 1. The zero-order valence-electron chi connectivity index (χ0n) is 9.97. The van der Waals surface area contributed by atoms with E-state index >= 15 is 0 Å². The van der Waals surface area contributed by atoms with Crippen molar-refractivity contribution in [3.05, 3.63) is 36.3 Å². The summed E-state index contributed by atoms with van der Waals surface area (Å²) in [4.78, 5) is 20.2. The van der Waals surface area contributed by atoms with Crippen LogP contribution in [0.1, 0.15) is 24.3 Å². The van der Waals surface area contributed by atoms with Gasteiger partial charge in [-0.15, -0.1) is 0 Å². The van der Waals surface area contributed by atoms with E-state index in [4.69, 9.17) is 0 Å². The number of hydrogen-bond donors (Lipinski definition) is 1. The second kappa shape index (κ2) is 4.91. The Morgan fingerprint density at radius 3 is 2.82 bits per heavy atom.